The lowest BCUT2D eigenvalue weighted by Gasteiger charge is -2.06. The van der Waals surface area contributed by atoms with Crippen molar-refractivity contribution in [3.63, 3.8) is 0 Å². The molecule has 2 rings (SSSR count). The van der Waals surface area contributed by atoms with Crippen molar-refractivity contribution in [1.82, 2.24) is 5.32 Å². The summed E-state index contributed by atoms with van der Waals surface area (Å²) in [5, 5.41) is 23.3. The lowest BCUT2D eigenvalue weighted by molar-refractivity contribution is -0.112. The van der Waals surface area contributed by atoms with Crippen LogP contribution in [-0.4, -0.2) is 17.0 Å². The third-order valence-corrected chi connectivity index (χ3v) is 3.20. The fraction of sp³-hybridized carbons (Fsp3) is 0.0556. The molecule has 0 aliphatic carbocycles. The van der Waals surface area contributed by atoms with Crippen LogP contribution in [0.15, 0.2) is 60.3 Å². The maximum atomic E-state index is 12.8. The van der Waals surface area contributed by atoms with Crippen LogP contribution in [-0.2, 0) is 11.3 Å². The minimum Gasteiger partial charge on any atom is -0.478 e. The number of carbonyl (C=O) groups excluding carboxylic acids is 1. The zero-order valence-corrected chi connectivity index (χ0v) is 13.0. The van der Waals surface area contributed by atoms with Gasteiger partial charge in [-0.2, -0.15) is 5.26 Å². The van der Waals surface area contributed by atoms with Crippen molar-refractivity contribution < 1.29 is 19.1 Å². The van der Waals surface area contributed by atoms with E-state index in [1.54, 1.807) is 18.2 Å². The second-order valence-electron chi connectivity index (χ2n) is 5.02. The van der Waals surface area contributed by atoms with E-state index in [2.05, 4.69) is 10.6 Å². The molecule has 3 N–H and O–H groups in total. The van der Waals surface area contributed by atoms with Gasteiger partial charge >= 0.3 is 5.97 Å². The third kappa shape index (κ3) is 5.18. The highest BCUT2D eigenvalue weighted by atomic mass is 19.1. The number of anilines is 1. The number of halogens is 1. The molecule has 7 heteroatoms. The highest BCUT2D eigenvalue weighted by Crippen LogP contribution is 2.12. The number of hydrogen-bond acceptors (Lipinski definition) is 4. The average molecular weight is 339 g/mol. The number of rotatable bonds is 6. The first-order chi connectivity index (χ1) is 12.0. The number of nitrogens with one attached hydrogen (secondary N) is 2. The Balaban J connectivity index is 2.00. The molecule has 25 heavy (non-hydrogen) atoms. The molecule has 0 radical (unpaired) electrons. The van der Waals surface area contributed by atoms with E-state index in [9.17, 15) is 14.0 Å². The van der Waals surface area contributed by atoms with Crippen molar-refractivity contribution in [2.45, 2.75) is 6.54 Å². The summed E-state index contributed by atoms with van der Waals surface area (Å²) in [6, 6.07) is 13.3. The molecule has 0 bridgehead atoms. The SMILES string of the molecule is N#C/C(=C/NCc1ccc(F)cc1)C(=O)Nc1cccc(C(=O)O)c1. The topological polar surface area (TPSA) is 102 Å². The number of carboxylic acids is 1. The van der Waals surface area contributed by atoms with E-state index in [1.165, 1.54) is 42.6 Å². The summed E-state index contributed by atoms with van der Waals surface area (Å²) in [6.45, 7) is 0.313. The molecule has 1 amide bonds. The highest BCUT2D eigenvalue weighted by Gasteiger charge is 2.10. The summed E-state index contributed by atoms with van der Waals surface area (Å²) in [5.74, 6) is -2.13. The Morgan fingerprint density at radius 3 is 2.56 bits per heavy atom. The molecule has 2 aromatic rings. The van der Waals surface area contributed by atoms with E-state index >= 15 is 0 Å². The van der Waals surface area contributed by atoms with Gasteiger partial charge in [0, 0.05) is 18.4 Å². The summed E-state index contributed by atoms with van der Waals surface area (Å²) in [4.78, 5) is 23.0. The Bertz CT molecular complexity index is 855. The van der Waals surface area contributed by atoms with Crippen LogP contribution in [0.4, 0.5) is 10.1 Å². The van der Waals surface area contributed by atoms with Gasteiger partial charge < -0.3 is 15.7 Å². The molecule has 0 aromatic heterocycles. The van der Waals surface area contributed by atoms with Gasteiger partial charge in [-0.1, -0.05) is 18.2 Å². The zero-order valence-electron chi connectivity index (χ0n) is 13.0. The lowest BCUT2D eigenvalue weighted by atomic mass is 10.2. The monoisotopic (exact) mass is 339 g/mol. The average Bonchev–Trinajstić information content (AvgIpc) is 2.60. The summed E-state index contributed by atoms with van der Waals surface area (Å²) in [6.07, 6.45) is 1.25. The summed E-state index contributed by atoms with van der Waals surface area (Å²) in [7, 11) is 0. The van der Waals surface area contributed by atoms with Crippen LogP contribution >= 0.6 is 0 Å². The van der Waals surface area contributed by atoms with E-state index in [0.29, 0.717) is 6.54 Å². The standard InChI is InChI=1S/C18H14FN3O3/c19-15-6-4-12(5-7-15)10-21-11-14(9-20)17(23)22-16-3-1-2-13(8-16)18(24)25/h1-8,11,21H,10H2,(H,22,23)(H,24,25)/b14-11-. The maximum absolute atomic E-state index is 12.8. The van der Waals surface area contributed by atoms with E-state index in [-0.39, 0.29) is 22.6 Å². The van der Waals surface area contributed by atoms with Gasteiger partial charge in [-0.3, -0.25) is 4.79 Å². The van der Waals surface area contributed by atoms with E-state index < -0.39 is 11.9 Å². The van der Waals surface area contributed by atoms with Crippen molar-refractivity contribution in [3.8, 4) is 6.07 Å². The molecule has 0 saturated heterocycles. The second-order valence-corrected chi connectivity index (χ2v) is 5.02. The number of benzene rings is 2. The van der Waals surface area contributed by atoms with Gasteiger partial charge in [-0.05, 0) is 35.9 Å². The quantitative estimate of drug-likeness (QED) is 0.555. The normalized spacial score (nSPS) is 10.6. The van der Waals surface area contributed by atoms with Crippen molar-refractivity contribution in [2.75, 3.05) is 5.32 Å². The number of nitrogens with zero attached hydrogens (tertiary/aromatic N) is 1. The first-order valence-electron chi connectivity index (χ1n) is 7.22. The first-order valence-corrected chi connectivity index (χ1v) is 7.22. The number of carbonyl (C=O) groups is 2. The predicted octanol–water partition coefficient (Wildman–Crippen LogP) is 2.66. The summed E-state index contributed by atoms with van der Waals surface area (Å²) in [5.41, 5.74) is 0.895. The van der Waals surface area contributed by atoms with Gasteiger partial charge in [-0.15, -0.1) is 0 Å². The molecular formula is C18H14FN3O3. The Morgan fingerprint density at radius 1 is 1.20 bits per heavy atom. The number of hydrogen-bond donors (Lipinski definition) is 3. The van der Waals surface area contributed by atoms with Gasteiger partial charge in [0.1, 0.15) is 17.5 Å². The van der Waals surface area contributed by atoms with E-state index in [1.807, 2.05) is 0 Å². The number of amides is 1. The molecule has 0 heterocycles. The van der Waals surface area contributed by atoms with Crippen molar-refractivity contribution >= 4 is 17.6 Å². The smallest absolute Gasteiger partial charge is 0.335 e. The van der Waals surface area contributed by atoms with Crippen LogP contribution in [0.3, 0.4) is 0 Å². The van der Waals surface area contributed by atoms with Crippen LogP contribution in [0.5, 0.6) is 0 Å². The number of aromatic carboxylic acids is 1. The predicted molar refractivity (Wildman–Crippen MR) is 89.0 cm³/mol. The summed E-state index contributed by atoms with van der Waals surface area (Å²) < 4.78 is 12.8. The Kier molecular flexibility index (Phi) is 5.85. The third-order valence-electron chi connectivity index (χ3n) is 3.20. The minimum atomic E-state index is -1.12. The van der Waals surface area contributed by atoms with Crippen molar-refractivity contribution in [3.05, 3.63) is 77.2 Å². The molecule has 0 aliphatic rings. The van der Waals surface area contributed by atoms with Crippen molar-refractivity contribution in [2.24, 2.45) is 0 Å². The second kappa shape index (κ2) is 8.26. The largest absolute Gasteiger partial charge is 0.478 e. The Hall–Kier alpha value is -3.66. The molecule has 0 saturated carbocycles. The van der Waals surface area contributed by atoms with Crippen molar-refractivity contribution in [1.29, 1.82) is 5.26 Å². The zero-order chi connectivity index (χ0) is 18.2. The van der Waals surface area contributed by atoms with E-state index in [0.717, 1.165) is 5.56 Å². The molecule has 2 aromatic carbocycles. The number of carboxylic acid groups (broad SMARTS) is 1. The first kappa shape index (κ1) is 17.7. The fourth-order valence-corrected chi connectivity index (χ4v) is 1.95. The Labute approximate surface area is 143 Å². The highest BCUT2D eigenvalue weighted by molar-refractivity contribution is 6.06. The van der Waals surface area contributed by atoms with Crippen LogP contribution < -0.4 is 10.6 Å². The van der Waals surface area contributed by atoms with Crippen LogP contribution in [0.2, 0.25) is 0 Å². The van der Waals surface area contributed by atoms with Gasteiger partial charge in [-0.25, -0.2) is 9.18 Å². The van der Waals surface area contributed by atoms with Gasteiger partial charge in [0.2, 0.25) is 0 Å². The number of nitriles is 1. The molecule has 0 atom stereocenters. The Morgan fingerprint density at radius 2 is 1.92 bits per heavy atom. The molecule has 126 valence electrons. The van der Waals surface area contributed by atoms with E-state index in [4.69, 9.17) is 10.4 Å². The minimum absolute atomic E-state index is 0.0229. The molecule has 0 fully saturated rings. The van der Waals surface area contributed by atoms with Gasteiger partial charge in [0.25, 0.3) is 5.91 Å². The fourth-order valence-electron chi connectivity index (χ4n) is 1.95. The molecule has 0 spiro atoms. The molecule has 6 nitrogen and oxygen atoms in total. The van der Waals surface area contributed by atoms with Crippen LogP contribution in [0.1, 0.15) is 15.9 Å². The molecule has 0 unspecified atom stereocenters. The molecular weight excluding hydrogens is 325 g/mol. The molecule has 0 aliphatic heterocycles. The van der Waals surface area contributed by atoms with Gasteiger partial charge in [0.05, 0.1) is 5.56 Å². The summed E-state index contributed by atoms with van der Waals surface area (Å²) >= 11 is 0. The van der Waals surface area contributed by atoms with Crippen LogP contribution in [0, 0.1) is 17.1 Å². The van der Waals surface area contributed by atoms with Crippen LogP contribution in [0.25, 0.3) is 0 Å². The maximum Gasteiger partial charge on any atom is 0.335 e. The van der Waals surface area contributed by atoms with Gasteiger partial charge in [0.15, 0.2) is 0 Å². The lowest BCUT2D eigenvalue weighted by Crippen LogP contribution is -2.17.